The molecule has 0 aliphatic carbocycles. The van der Waals surface area contributed by atoms with Crippen LogP contribution in [0.1, 0.15) is 46.1 Å². The highest BCUT2D eigenvalue weighted by atomic mass is 16.1. The number of amides is 1. The second-order valence-electron chi connectivity index (χ2n) is 8.10. The van der Waals surface area contributed by atoms with Crippen molar-refractivity contribution >= 4 is 11.6 Å². The molecule has 1 amide bonds. The van der Waals surface area contributed by atoms with Gasteiger partial charge in [-0.2, -0.15) is 5.26 Å². The van der Waals surface area contributed by atoms with Gasteiger partial charge in [0.1, 0.15) is 11.6 Å². The van der Waals surface area contributed by atoms with Crippen molar-refractivity contribution in [2.24, 2.45) is 0 Å². The molecular formula is C20H28N4O. The second kappa shape index (κ2) is 7.28. The van der Waals surface area contributed by atoms with Crippen molar-refractivity contribution in [1.29, 1.82) is 5.26 Å². The number of nitriles is 1. The molecule has 0 radical (unpaired) electrons. The standard InChI is InChI=1S/C20H28N4O/c1-14-8-6-7-9-17(14)23-18(25)15(12-21)13-22-16-10-19(2,3)24-20(4,5)11-16/h6-9,13,16,22,24H,10-11H2,1-5H3,(H,23,25)/b15-13-. The van der Waals surface area contributed by atoms with Gasteiger partial charge in [0.2, 0.25) is 0 Å². The Morgan fingerprint density at radius 3 is 2.40 bits per heavy atom. The summed E-state index contributed by atoms with van der Waals surface area (Å²) in [4.78, 5) is 12.4. The lowest BCUT2D eigenvalue weighted by Crippen LogP contribution is -2.61. The van der Waals surface area contributed by atoms with Crippen molar-refractivity contribution in [2.75, 3.05) is 5.32 Å². The van der Waals surface area contributed by atoms with E-state index in [4.69, 9.17) is 0 Å². The average molecular weight is 340 g/mol. The number of hydrogen-bond acceptors (Lipinski definition) is 4. The first kappa shape index (κ1) is 19.0. The van der Waals surface area contributed by atoms with Gasteiger partial charge < -0.3 is 16.0 Å². The Morgan fingerprint density at radius 2 is 1.84 bits per heavy atom. The van der Waals surface area contributed by atoms with Crippen LogP contribution in [0.25, 0.3) is 0 Å². The Morgan fingerprint density at radius 1 is 1.24 bits per heavy atom. The summed E-state index contributed by atoms with van der Waals surface area (Å²) in [5.74, 6) is -0.392. The maximum absolute atomic E-state index is 12.4. The number of para-hydroxylation sites is 1. The average Bonchev–Trinajstić information content (AvgIpc) is 2.47. The van der Waals surface area contributed by atoms with Crippen LogP contribution in [0.4, 0.5) is 5.69 Å². The van der Waals surface area contributed by atoms with Gasteiger partial charge in [0.25, 0.3) is 5.91 Å². The van der Waals surface area contributed by atoms with Crippen molar-refractivity contribution in [1.82, 2.24) is 10.6 Å². The monoisotopic (exact) mass is 340 g/mol. The van der Waals surface area contributed by atoms with Gasteiger partial charge in [-0.1, -0.05) is 18.2 Å². The van der Waals surface area contributed by atoms with Crippen LogP contribution in [-0.4, -0.2) is 23.0 Å². The highest BCUT2D eigenvalue weighted by Crippen LogP contribution is 2.28. The maximum Gasteiger partial charge on any atom is 0.267 e. The minimum Gasteiger partial charge on any atom is -0.387 e. The Kier molecular flexibility index (Phi) is 5.54. The molecule has 0 unspecified atom stereocenters. The Balaban J connectivity index is 2.06. The van der Waals surface area contributed by atoms with E-state index in [0.29, 0.717) is 0 Å². The molecular weight excluding hydrogens is 312 g/mol. The number of carbonyl (C=O) groups excluding carboxylic acids is 1. The van der Waals surface area contributed by atoms with E-state index >= 15 is 0 Å². The summed E-state index contributed by atoms with van der Waals surface area (Å²) >= 11 is 0. The van der Waals surface area contributed by atoms with Crippen molar-refractivity contribution in [3.63, 3.8) is 0 Å². The lowest BCUT2D eigenvalue weighted by atomic mass is 9.80. The highest BCUT2D eigenvalue weighted by molar-refractivity contribution is 6.06. The van der Waals surface area contributed by atoms with Crippen LogP contribution in [0.3, 0.4) is 0 Å². The predicted octanol–water partition coefficient (Wildman–Crippen LogP) is 3.24. The molecule has 5 nitrogen and oxygen atoms in total. The lowest BCUT2D eigenvalue weighted by molar-refractivity contribution is -0.112. The van der Waals surface area contributed by atoms with E-state index in [1.807, 2.05) is 37.3 Å². The predicted molar refractivity (Wildman–Crippen MR) is 101 cm³/mol. The molecule has 1 saturated heterocycles. The van der Waals surface area contributed by atoms with Gasteiger partial charge in [0, 0.05) is 29.0 Å². The fourth-order valence-electron chi connectivity index (χ4n) is 3.69. The zero-order chi connectivity index (χ0) is 18.7. The van der Waals surface area contributed by atoms with E-state index in [2.05, 4.69) is 43.6 Å². The molecule has 1 aromatic carbocycles. The molecule has 0 saturated carbocycles. The van der Waals surface area contributed by atoms with Gasteiger partial charge in [-0.3, -0.25) is 4.79 Å². The minimum atomic E-state index is -0.392. The van der Waals surface area contributed by atoms with E-state index in [1.165, 1.54) is 0 Å². The number of hydrogen-bond donors (Lipinski definition) is 3. The van der Waals surface area contributed by atoms with Crippen LogP contribution in [0, 0.1) is 18.3 Å². The summed E-state index contributed by atoms with van der Waals surface area (Å²) < 4.78 is 0. The quantitative estimate of drug-likeness (QED) is 0.581. The second-order valence-corrected chi connectivity index (χ2v) is 8.10. The van der Waals surface area contributed by atoms with E-state index in [0.717, 1.165) is 24.1 Å². The molecule has 134 valence electrons. The molecule has 1 aromatic rings. The van der Waals surface area contributed by atoms with E-state index in [-0.39, 0.29) is 22.7 Å². The molecule has 1 heterocycles. The third-order valence-electron chi connectivity index (χ3n) is 4.41. The van der Waals surface area contributed by atoms with Gasteiger partial charge in [-0.25, -0.2) is 0 Å². The normalized spacial score (nSPS) is 19.8. The van der Waals surface area contributed by atoms with Gasteiger partial charge in [0.05, 0.1) is 0 Å². The maximum atomic E-state index is 12.4. The number of nitrogens with zero attached hydrogens (tertiary/aromatic N) is 1. The number of rotatable bonds is 4. The zero-order valence-corrected chi connectivity index (χ0v) is 15.7. The van der Waals surface area contributed by atoms with Crippen LogP contribution in [-0.2, 0) is 4.79 Å². The summed E-state index contributed by atoms with van der Waals surface area (Å²) in [7, 11) is 0. The number of aryl methyl sites for hydroxylation is 1. The fraction of sp³-hybridized carbons (Fsp3) is 0.500. The molecule has 0 spiro atoms. The highest BCUT2D eigenvalue weighted by Gasteiger charge is 2.37. The van der Waals surface area contributed by atoms with Gasteiger partial charge >= 0.3 is 0 Å². The number of carbonyl (C=O) groups is 1. The summed E-state index contributed by atoms with van der Waals surface area (Å²) in [6, 6.07) is 9.72. The SMILES string of the molecule is Cc1ccccc1NC(=O)/C(C#N)=C\NC1CC(C)(C)NC(C)(C)C1. The number of benzene rings is 1. The summed E-state index contributed by atoms with van der Waals surface area (Å²) in [6.07, 6.45) is 3.39. The van der Waals surface area contributed by atoms with Crippen molar-refractivity contribution < 1.29 is 4.79 Å². The van der Waals surface area contributed by atoms with E-state index < -0.39 is 5.91 Å². The van der Waals surface area contributed by atoms with Crippen molar-refractivity contribution in [2.45, 2.75) is 64.6 Å². The zero-order valence-electron chi connectivity index (χ0n) is 15.7. The van der Waals surface area contributed by atoms with Gasteiger partial charge in [-0.15, -0.1) is 0 Å². The molecule has 5 heteroatoms. The van der Waals surface area contributed by atoms with Crippen LogP contribution in [0.5, 0.6) is 0 Å². The molecule has 3 N–H and O–H groups in total. The fourth-order valence-corrected chi connectivity index (χ4v) is 3.69. The largest absolute Gasteiger partial charge is 0.387 e. The van der Waals surface area contributed by atoms with Gasteiger partial charge in [0.15, 0.2) is 0 Å². The van der Waals surface area contributed by atoms with Crippen LogP contribution < -0.4 is 16.0 Å². The lowest BCUT2D eigenvalue weighted by Gasteiger charge is -2.46. The number of piperidine rings is 1. The topological polar surface area (TPSA) is 77.0 Å². The molecule has 1 aliphatic heterocycles. The molecule has 0 bridgehead atoms. The molecule has 0 atom stereocenters. The van der Waals surface area contributed by atoms with Crippen LogP contribution in [0.2, 0.25) is 0 Å². The minimum absolute atomic E-state index is 0.00345. The van der Waals surface area contributed by atoms with Crippen LogP contribution in [0.15, 0.2) is 36.0 Å². The third-order valence-corrected chi connectivity index (χ3v) is 4.41. The Hall–Kier alpha value is -2.32. The summed E-state index contributed by atoms with van der Waals surface area (Å²) in [5.41, 5.74) is 1.77. The Labute approximate surface area is 150 Å². The molecule has 2 rings (SSSR count). The number of nitrogens with one attached hydrogen (secondary N) is 3. The third kappa shape index (κ3) is 5.33. The Bertz CT molecular complexity index is 697. The van der Waals surface area contributed by atoms with Crippen molar-refractivity contribution in [3.8, 4) is 6.07 Å². The molecule has 25 heavy (non-hydrogen) atoms. The summed E-state index contributed by atoms with van der Waals surface area (Å²) in [5, 5.41) is 19.0. The first-order valence-electron chi connectivity index (χ1n) is 8.64. The summed E-state index contributed by atoms with van der Waals surface area (Å²) in [6.45, 7) is 10.6. The smallest absolute Gasteiger partial charge is 0.267 e. The first-order chi connectivity index (χ1) is 11.6. The van der Waals surface area contributed by atoms with Crippen LogP contribution >= 0.6 is 0 Å². The molecule has 1 fully saturated rings. The molecule has 1 aliphatic rings. The van der Waals surface area contributed by atoms with E-state index in [9.17, 15) is 10.1 Å². The first-order valence-corrected chi connectivity index (χ1v) is 8.64. The number of anilines is 1. The van der Waals surface area contributed by atoms with E-state index in [1.54, 1.807) is 6.20 Å². The molecule has 0 aromatic heterocycles. The van der Waals surface area contributed by atoms with Gasteiger partial charge in [-0.05, 0) is 59.1 Å². The van der Waals surface area contributed by atoms with Crippen molar-refractivity contribution in [3.05, 3.63) is 41.6 Å².